The maximum absolute atomic E-state index is 13.2. The van der Waals surface area contributed by atoms with Crippen LogP contribution in [0.3, 0.4) is 0 Å². The number of hydrogen-bond acceptors (Lipinski definition) is 4. The lowest BCUT2D eigenvalue weighted by Gasteiger charge is -2.31. The molecule has 0 aromatic heterocycles. The second-order valence-corrected chi connectivity index (χ2v) is 8.92. The Labute approximate surface area is 190 Å². The van der Waals surface area contributed by atoms with Crippen LogP contribution in [-0.2, 0) is 21.9 Å². The summed E-state index contributed by atoms with van der Waals surface area (Å²) in [6.07, 6.45) is 0.559. The molecule has 168 valence electrons. The second-order valence-electron chi connectivity index (χ2n) is 7.94. The van der Waals surface area contributed by atoms with Crippen molar-refractivity contribution >= 4 is 23.6 Å². The van der Waals surface area contributed by atoms with Crippen LogP contribution in [0.5, 0.6) is 5.75 Å². The van der Waals surface area contributed by atoms with Crippen LogP contribution >= 0.6 is 11.8 Å². The number of carbonyl (C=O) groups is 2. The van der Waals surface area contributed by atoms with Gasteiger partial charge in [-0.3, -0.25) is 9.59 Å². The van der Waals surface area contributed by atoms with Gasteiger partial charge < -0.3 is 15.0 Å². The molecule has 2 amide bonds. The van der Waals surface area contributed by atoms with Crippen molar-refractivity contribution in [1.29, 1.82) is 0 Å². The smallest absolute Gasteiger partial charge is 0.243 e. The highest BCUT2D eigenvalue weighted by atomic mass is 32.2. The van der Waals surface area contributed by atoms with Crippen LogP contribution < -0.4 is 10.1 Å². The Morgan fingerprint density at radius 2 is 1.81 bits per heavy atom. The molecule has 31 heavy (non-hydrogen) atoms. The molecule has 0 saturated carbocycles. The van der Waals surface area contributed by atoms with Gasteiger partial charge in [0.15, 0.2) is 0 Å². The first-order chi connectivity index (χ1) is 14.8. The molecule has 0 spiro atoms. The van der Waals surface area contributed by atoms with Crippen molar-refractivity contribution in [3.8, 4) is 5.75 Å². The van der Waals surface area contributed by atoms with Crippen LogP contribution in [0.1, 0.15) is 43.9 Å². The number of benzene rings is 2. The summed E-state index contributed by atoms with van der Waals surface area (Å²) in [5.74, 6) is 1.72. The van der Waals surface area contributed by atoms with Crippen LogP contribution in [0.25, 0.3) is 0 Å². The number of aryl methyl sites for hydroxylation is 1. The SMILES string of the molecule is CCC(C(=O)NC(C)C)N(Cc1ccc(OC)cc1)C(=O)CSCc1cccc(C)c1. The molecule has 6 heteroatoms. The summed E-state index contributed by atoms with van der Waals surface area (Å²) in [7, 11) is 1.62. The van der Waals surface area contributed by atoms with Gasteiger partial charge in [0.25, 0.3) is 0 Å². The van der Waals surface area contributed by atoms with Gasteiger partial charge in [0.1, 0.15) is 11.8 Å². The summed E-state index contributed by atoms with van der Waals surface area (Å²) in [6.45, 7) is 8.25. The van der Waals surface area contributed by atoms with Gasteiger partial charge in [0.05, 0.1) is 12.9 Å². The Balaban J connectivity index is 2.13. The molecule has 5 nitrogen and oxygen atoms in total. The van der Waals surface area contributed by atoms with Crippen molar-refractivity contribution in [3.63, 3.8) is 0 Å². The molecule has 0 bridgehead atoms. The first-order valence-electron chi connectivity index (χ1n) is 10.7. The molecule has 0 heterocycles. The molecule has 0 fully saturated rings. The highest BCUT2D eigenvalue weighted by molar-refractivity contribution is 7.99. The van der Waals surface area contributed by atoms with Crippen molar-refractivity contribution in [2.45, 2.75) is 58.5 Å². The normalized spacial score (nSPS) is 11.8. The summed E-state index contributed by atoms with van der Waals surface area (Å²) in [5, 5.41) is 2.96. The van der Waals surface area contributed by atoms with E-state index in [1.807, 2.05) is 51.1 Å². The predicted octanol–water partition coefficient (Wildman–Crippen LogP) is 4.57. The third-order valence-electron chi connectivity index (χ3n) is 4.91. The molecule has 0 saturated heterocycles. The molecule has 0 aliphatic carbocycles. The van der Waals surface area contributed by atoms with E-state index in [0.29, 0.717) is 18.7 Å². The van der Waals surface area contributed by atoms with Crippen LogP contribution in [-0.4, -0.2) is 41.7 Å². The lowest BCUT2D eigenvalue weighted by Crippen LogP contribution is -2.50. The average Bonchev–Trinajstić information content (AvgIpc) is 2.73. The number of nitrogens with one attached hydrogen (secondary N) is 1. The molecular weight excluding hydrogens is 408 g/mol. The van der Waals surface area contributed by atoms with E-state index in [9.17, 15) is 9.59 Å². The molecule has 0 aliphatic heterocycles. The number of thioether (sulfide) groups is 1. The van der Waals surface area contributed by atoms with E-state index in [1.165, 1.54) is 11.1 Å². The van der Waals surface area contributed by atoms with Gasteiger partial charge >= 0.3 is 0 Å². The van der Waals surface area contributed by atoms with Crippen LogP contribution in [0.4, 0.5) is 0 Å². The lowest BCUT2D eigenvalue weighted by atomic mass is 10.1. The van der Waals surface area contributed by atoms with E-state index in [-0.39, 0.29) is 17.9 Å². The monoisotopic (exact) mass is 442 g/mol. The minimum absolute atomic E-state index is 0.0233. The fourth-order valence-electron chi connectivity index (χ4n) is 3.37. The van der Waals surface area contributed by atoms with E-state index in [0.717, 1.165) is 17.1 Å². The number of amides is 2. The summed E-state index contributed by atoms with van der Waals surface area (Å²) in [5.41, 5.74) is 3.37. The predicted molar refractivity (Wildman–Crippen MR) is 128 cm³/mol. The van der Waals surface area contributed by atoms with Gasteiger partial charge in [0.2, 0.25) is 11.8 Å². The number of rotatable bonds is 11. The minimum atomic E-state index is -0.503. The van der Waals surface area contributed by atoms with Crippen molar-refractivity contribution in [1.82, 2.24) is 10.2 Å². The van der Waals surface area contributed by atoms with Gasteiger partial charge in [0, 0.05) is 18.3 Å². The maximum atomic E-state index is 13.2. The fraction of sp³-hybridized carbons (Fsp3) is 0.440. The molecule has 2 aromatic rings. The highest BCUT2D eigenvalue weighted by Gasteiger charge is 2.28. The molecular formula is C25H34N2O3S. The number of carbonyl (C=O) groups excluding carboxylic acids is 2. The maximum Gasteiger partial charge on any atom is 0.243 e. The number of methoxy groups -OCH3 is 1. The molecule has 0 radical (unpaired) electrons. The van der Waals surface area contributed by atoms with Crippen molar-refractivity contribution < 1.29 is 14.3 Å². The molecule has 1 atom stereocenters. The quantitative estimate of drug-likeness (QED) is 0.554. The number of ether oxygens (including phenoxy) is 1. The first kappa shape index (κ1) is 24.8. The van der Waals surface area contributed by atoms with Gasteiger partial charge in [-0.25, -0.2) is 0 Å². The largest absolute Gasteiger partial charge is 0.497 e. The standard InChI is InChI=1S/C25H34N2O3S/c1-6-23(25(29)26-18(2)3)27(15-20-10-12-22(30-5)13-11-20)24(28)17-31-16-21-9-7-8-19(4)14-21/h7-14,18,23H,6,15-17H2,1-5H3,(H,26,29). The first-order valence-corrected chi connectivity index (χ1v) is 11.9. The van der Waals surface area contributed by atoms with Crippen LogP contribution in [0.2, 0.25) is 0 Å². The molecule has 2 aromatic carbocycles. The molecule has 2 rings (SSSR count). The van der Waals surface area contributed by atoms with Gasteiger partial charge in [-0.05, 0) is 50.5 Å². The highest BCUT2D eigenvalue weighted by Crippen LogP contribution is 2.19. The van der Waals surface area contributed by atoms with Crippen LogP contribution in [0.15, 0.2) is 48.5 Å². The van der Waals surface area contributed by atoms with Crippen molar-refractivity contribution in [2.75, 3.05) is 12.9 Å². The Morgan fingerprint density at radius 3 is 2.39 bits per heavy atom. The summed E-state index contributed by atoms with van der Waals surface area (Å²) in [4.78, 5) is 27.8. The van der Waals surface area contributed by atoms with Crippen molar-refractivity contribution in [2.24, 2.45) is 0 Å². The fourth-order valence-corrected chi connectivity index (χ4v) is 4.23. The topological polar surface area (TPSA) is 58.6 Å². The Hall–Kier alpha value is -2.47. The third-order valence-corrected chi connectivity index (χ3v) is 5.89. The van der Waals surface area contributed by atoms with E-state index < -0.39 is 6.04 Å². The molecule has 1 N–H and O–H groups in total. The van der Waals surface area contributed by atoms with E-state index >= 15 is 0 Å². The van der Waals surface area contributed by atoms with Crippen molar-refractivity contribution in [3.05, 3.63) is 65.2 Å². The Bertz CT molecular complexity index is 852. The zero-order chi connectivity index (χ0) is 22.8. The van der Waals surface area contributed by atoms with Gasteiger partial charge in [-0.15, -0.1) is 11.8 Å². The zero-order valence-electron chi connectivity index (χ0n) is 19.2. The second kappa shape index (κ2) is 12.4. The lowest BCUT2D eigenvalue weighted by molar-refractivity contribution is -0.139. The summed E-state index contributed by atoms with van der Waals surface area (Å²) >= 11 is 1.58. The minimum Gasteiger partial charge on any atom is -0.497 e. The van der Waals surface area contributed by atoms with Gasteiger partial charge in [-0.1, -0.05) is 48.9 Å². The van der Waals surface area contributed by atoms with E-state index in [2.05, 4.69) is 30.4 Å². The van der Waals surface area contributed by atoms with E-state index in [4.69, 9.17) is 4.74 Å². The van der Waals surface area contributed by atoms with Gasteiger partial charge in [-0.2, -0.15) is 0 Å². The number of nitrogens with zero attached hydrogens (tertiary/aromatic N) is 1. The number of hydrogen-bond donors (Lipinski definition) is 1. The summed E-state index contributed by atoms with van der Waals surface area (Å²) < 4.78 is 5.23. The summed E-state index contributed by atoms with van der Waals surface area (Å²) in [6, 6.07) is 15.5. The average molecular weight is 443 g/mol. The zero-order valence-corrected chi connectivity index (χ0v) is 20.0. The van der Waals surface area contributed by atoms with E-state index in [1.54, 1.807) is 23.8 Å². The van der Waals surface area contributed by atoms with Crippen LogP contribution in [0, 0.1) is 6.92 Å². The Morgan fingerprint density at radius 1 is 1.10 bits per heavy atom. The molecule has 1 unspecified atom stereocenters. The Kier molecular flexibility index (Phi) is 9.92. The third kappa shape index (κ3) is 7.94. The molecule has 0 aliphatic rings.